The van der Waals surface area contributed by atoms with Crippen LogP contribution >= 0.6 is 0 Å². The number of allylic oxidation sites excluding steroid dienone is 4. The maximum Gasteiger partial charge on any atom is 0.306 e. The van der Waals surface area contributed by atoms with Crippen molar-refractivity contribution in [2.45, 2.75) is 361 Å². The highest BCUT2D eigenvalue weighted by atomic mass is 16.6. The summed E-state index contributed by atoms with van der Waals surface area (Å²) in [5.74, 6) is -0.866. The van der Waals surface area contributed by atoms with E-state index in [1.165, 1.54) is 244 Å². The normalized spacial score (nSPS) is 12.1. The molecule has 0 heterocycles. The number of ether oxygens (including phenoxy) is 3. The van der Waals surface area contributed by atoms with Gasteiger partial charge in [0.1, 0.15) is 13.2 Å². The van der Waals surface area contributed by atoms with E-state index in [2.05, 4.69) is 45.1 Å². The van der Waals surface area contributed by atoms with Gasteiger partial charge in [0.2, 0.25) is 0 Å². The topological polar surface area (TPSA) is 78.9 Å². The summed E-state index contributed by atoms with van der Waals surface area (Å²) in [7, 11) is 0. The van der Waals surface area contributed by atoms with Crippen LogP contribution < -0.4 is 0 Å². The van der Waals surface area contributed by atoms with Gasteiger partial charge >= 0.3 is 17.9 Å². The van der Waals surface area contributed by atoms with Crippen LogP contribution in [0.1, 0.15) is 355 Å². The number of esters is 3. The van der Waals surface area contributed by atoms with Crippen molar-refractivity contribution < 1.29 is 28.6 Å². The van der Waals surface area contributed by atoms with Crippen LogP contribution in [0.25, 0.3) is 0 Å². The number of hydrogen-bond acceptors (Lipinski definition) is 6. The van der Waals surface area contributed by atoms with Crippen LogP contribution in [0.15, 0.2) is 24.3 Å². The maximum absolute atomic E-state index is 12.9. The third kappa shape index (κ3) is 58.7. The van der Waals surface area contributed by atoms with Crippen molar-refractivity contribution in [1.29, 1.82) is 0 Å². The monoisotopic (exact) mass is 999 g/mol. The molecule has 0 spiro atoms. The molecule has 0 aliphatic carbocycles. The fourth-order valence-electron chi connectivity index (χ4n) is 9.61. The standard InChI is InChI=1S/C65H122O6/c1-4-7-10-13-16-19-22-25-28-29-30-31-32-33-34-35-36-38-40-43-46-49-52-55-58-64(67)70-61-62(60-69-63(66)57-54-51-48-45-42-39-27-24-21-18-15-12-9-6-3)71-65(68)59-56-53-50-47-44-41-37-26-23-20-17-14-11-8-5-2/h24,26-27,37,62H,4-23,25,28-36,38-61H2,1-3H3/b27-24-,37-26-. The molecule has 0 radical (unpaired) electrons. The molecule has 0 aromatic carbocycles. The van der Waals surface area contributed by atoms with Gasteiger partial charge in [-0.15, -0.1) is 0 Å². The highest BCUT2D eigenvalue weighted by Crippen LogP contribution is 2.18. The Kier molecular flexibility index (Phi) is 58.6. The summed E-state index contributed by atoms with van der Waals surface area (Å²) in [6.45, 7) is 6.67. The Morgan fingerprint density at radius 3 is 0.704 bits per heavy atom. The van der Waals surface area contributed by atoms with Gasteiger partial charge in [-0.3, -0.25) is 14.4 Å². The van der Waals surface area contributed by atoms with E-state index in [1.807, 2.05) is 0 Å². The van der Waals surface area contributed by atoms with Crippen molar-refractivity contribution >= 4 is 17.9 Å². The van der Waals surface area contributed by atoms with Gasteiger partial charge in [0.05, 0.1) is 0 Å². The Morgan fingerprint density at radius 1 is 0.268 bits per heavy atom. The SMILES string of the molecule is CCCCCCC/C=C\CCCCCCCC(=O)OCC(COC(=O)CCCCCCCCCCCCCCCCCCCCCCCCCC)OC(=O)CCCCCCC/C=C\CCCCCCCC. The van der Waals surface area contributed by atoms with Gasteiger partial charge < -0.3 is 14.2 Å². The highest BCUT2D eigenvalue weighted by molar-refractivity contribution is 5.71. The Labute approximate surface area is 443 Å². The van der Waals surface area contributed by atoms with Crippen LogP contribution in [0, 0.1) is 0 Å². The zero-order chi connectivity index (χ0) is 51.4. The Bertz CT molecular complexity index is 1150. The van der Waals surface area contributed by atoms with E-state index >= 15 is 0 Å². The third-order valence-corrected chi connectivity index (χ3v) is 14.4. The van der Waals surface area contributed by atoms with Crippen LogP contribution in [0.4, 0.5) is 0 Å². The molecule has 0 saturated carbocycles. The molecule has 1 unspecified atom stereocenters. The van der Waals surface area contributed by atoms with Crippen molar-refractivity contribution in [2.24, 2.45) is 0 Å². The van der Waals surface area contributed by atoms with Crippen LogP contribution in [-0.4, -0.2) is 37.2 Å². The Balaban J connectivity index is 4.24. The van der Waals surface area contributed by atoms with E-state index in [0.717, 1.165) is 70.6 Å². The van der Waals surface area contributed by atoms with E-state index in [-0.39, 0.29) is 31.1 Å². The third-order valence-electron chi connectivity index (χ3n) is 14.4. The van der Waals surface area contributed by atoms with Gasteiger partial charge in [-0.2, -0.15) is 0 Å². The summed E-state index contributed by atoms with van der Waals surface area (Å²) >= 11 is 0. The van der Waals surface area contributed by atoms with Crippen LogP contribution in [0.5, 0.6) is 0 Å². The second kappa shape index (κ2) is 60.4. The predicted octanol–water partition coefficient (Wildman–Crippen LogP) is 21.4. The second-order valence-corrected chi connectivity index (χ2v) is 21.7. The van der Waals surface area contributed by atoms with Crippen molar-refractivity contribution in [3.05, 3.63) is 24.3 Å². The summed E-state index contributed by atoms with van der Waals surface area (Å²) in [6, 6.07) is 0. The molecule has 71 heavy (non-hydrogen) atoms. The molecular formula is C65H122O6. The zero-order valence-electron chi connectivity index (χ0n) is 48.0. The molecule has 6 nitrogen and oxygen atoms in total. The highest BCUT2D eigenvalue weighted by Gasteiger charge is 2.19. The first-order valence-corrected chi connectivity index (χ1v) is 31.8. The number of rotatable bonds is 59. The van der Waals surface area contributed by atoms with Gasteiger partial charge in [-0.05, 0) is 70.6 Å². The van der Waals surface area contributed by atoms with Crippen molar-refractivity contribution in [1.82, 2.24) is 0 Å². The van der Waals surface area contributed by atoms with Gasteiger partial charge in [0.25, 0.3) is 0 Å². The lowest BCUT2D eigenvalue weighted by Crippen LogP contribution is -2.30. The first-order chi connectivity index (χ1) is 35.0. The van der Waals surface area contributed by atoms with E-state index in [0.29, 0.717) is 19.3 Å². The molecule has 0 rings (SSSR count). The molecular weight excluding hydrogens is 877 g/mol. The Hall–Kier alpha value is -2.11. The summed E-state index contributed by atoms with van der Waals surface area (Å²) in [5.41, 5.74) is 0. The zero-order valence-corrected chi connectivity index (χ0v) is 48.0. The molecule has 0 amide bonds. The summed E-state index contributed by atoms with van der Waals surface area (Å²) in [5, 5.41) is 0. The molecule has 1 atom stereocenters. The van der Waals surface area contributed by atoms with E-state index in [1.54, 1.807) is 0 Å². The van der Waals surface area contributed by atoms with E-state index < -0.39 is 6.10 Å². The molecule has 0 aromatic heterocycles. The first-order valence-electron chi connectivity index (χ1n) is 31.8. The fourth-order valence-corrected chi connectivity index (χ4v) is 9.61. The van der Waals surface area contributed by atoms with Crippen LogP contribution in [0.3, 0.4) is 0 Å². The minimum absolute atomic E-state index is 0.0725. The molecule has 0 bridgehead atoms. The van der Waals surface area contributed by atoms with Crippen molar-refractivity contribution in [3.8, 4) is 0 Å². The predicted molar refractivity (Wildman–Crippen MR) is 307 cm³/mol. The number of hydrogen-bond donors (Lipinski definition) is 0. The summed E-state index contributed by atoms with van der Waals surface area (Å²) in [4.78, 5) is 38.2. The maximum atomic E-state index is 12.9. The van der Waals surface area contributed by atoms with Crippen molar-refractivity contribution in [3.63, 3.8) is 0 Å². The lowest BCUT2D eigenvalue weighted by Gasteiger charge is -2.18. The van der Waals surface area contributed by atoms with Gasteiger partial charge in [-0.1, -0.05) is 289 Å². The summed E-state index contributed by atoms with van der Waals surface area (Å²) < 4.78 is 16.9. The minimum atomic E-state index is -0.776. The first kappa shape index (κ1) is 68.9. The van der Waals surface area contributed by atoms with Crippen molar-refractivity contribution in [2.75, 3.05) is 13.2 Å². The average Bonchev–Trinajstić information content (AvgIpc) is 3.37. The largest absolute Gasteiger partial charge is 0.462 e. The van der Waals surface area contributed by atoms with E-state index in [4.69, 9.17) is 14.2 Å². The lowest BCUT2D eigenvalue weighted by atomic mass is 10.0. The Morgan fingerprint density at radius 2 is 0.465 bits per heavy atom. The average molecular weight is 1000 g/mol. The minimum Gasteiger partial charge on any atom is -0.462 e. The number of carbonyl (C=O) groups excluding carboxylic acids is 3. The fraction of sp³-hybridized carbons (Fsp3) is 0.892. The molecule has 0 fully saturated rings. The quantitative estimate of drug-likeness (QED) is 0.0261. The molecule has 6 heteroatoms. The van der Waals surface area contributed by atoms with E-state index in [9.17, 15) is 14.4 Å². The smallest absolute Gasteiger partial charge is 0.306 e. The van der Waals surface area contributed by atoms with Crippen LogP contribution in [-0.2, 0) is 28.6 Å². The molecule has 0 aromatic rings. The second-order valence-electron chi connectivity index (χ2n) is 21.7. The molecule has 0 aliphatic rings. The summed E-state index contributed by atoms with van der Waals surface area (Å²) in [6.07, 6.45) is 71.9. The molecule has 0 saturated heterocycles. The molecule has 0 N–H and O–H groups in total. The van der Waals surface area contributed by atoms with Gasteiger partial charge in [0.15, 0.2) is 6.10 Å². The molecule has 0 aliphatic heterocycles. The molecule has 418 valence electrons. The van der Waals surface area contributed by atoms with Crippen LogP contribution in [0.2, 0.25) is 0 Å². The lowest BCUT2D eigenvalue weighted by molar-refractivity contribution is -0.167. The number of unbranched alkanes of at least 4 members (excludes halogenated alkanes) is 44. The number of carbonyl (C=O) groups is 3. The van der Waals surface area contributed by atoms with Gasteiger partial charge in [0, 0.05) is 19.3 Å². The van der Waals surface area contributed by atoms with Gasteiger partial charge in [-0.25, -0.2) is 0 Å².